The van der Waals surface area contributed by atoms with Gasteiger partial charge < -0.3 is 9.64 Å². The lowest BCUT2D eigenvalue weighted by Crippen LogP contribution is -2.47. The summed E-state index contributed by atoms with van der Waals surface area (Å²) in [5.74, 6) is 1.54. The fourth-order valence-corrected chi connectivity index (χ4v) is 2.60. The van der Waals surface area contributed by atoms with Crippen LogP contribution in [0, 0.1) is 0 Å². The Bertz CT molecular complexity index is 607. The molecule has 3 rings (SSSR count). The Balaban J connectivity index is 1.49. The monoisotopic (exact) mass is 303 g/mol. The van der Waals surface area contributed by atoms with Crippen LogP contribution in [0.4, 0.5) is 5.82 Å². The molecule has 0 bridgehead atoms. The molecule has 0 spiro atoms. The molecule has 0 aliphatic carbocycles. The molecule has 0 atom stereocenters. The highest BCUT2D eigenvalue weighted by Gasteiger charge is 2.18. The number of methoxy groups -OCH3 is 1. The third-order valence-corrected chi connectivity index (χ3v) is 3.87. The number of nitrogens with zero attached hydrogens (tertiary/aromatic N) is 7. The van der Waals surface area contributed by atoms with E-state index in [9.17, 15) is 0 Å². The summed E-state index contributed by atoms with van der Waals surface area (Å²) in [6.45, 7) is 4.97. The molecule has 2 aromatic rings. The van der Waals surface area contributed by atoms with Gasteiger partial charge in [-0.2, -0.15) is 0 Å². The lowest BCUT2D eigenvalue weighted by Gasteiger charge is -2.35. The molecule has 0 radical (unpaired) electrons. The van der Waals surface area contributed by atoms with Gasteiger partial charge in [0.25, 0.3) is 0 Å². The predicted octanol–water partition coefficient (Wildman–Crippen LogP) is -0.0216. The van der Waals surface area contributed by atoms with Crippen LogP contribution in [0.3, 0.4) is 0 Å². The van der Waals surface area contributed by atoms with E-state index in [1.54, 1.807) is 18.1 Å². The van der Waals surface area contributed by atoms with Gasteiger partial charge >= 0.3 is 0 Å². The molecule has 22 heavy (non-hydrogen) atoms. The number of hydrogen-bond acceptors (Lipinski definition) is 7. The van der Waals surface area contributed by atoms with E-state index in [4.69, 9.17) is 4.74 Å². The molecular formula is C14H21N7O. The quantitative estimate of drug-likeness (QED) is 0.768. The highest BCUT2D eigenvalue weighted by atomic mass is 16.5. The molecule has 3 heterocycles. The molecule has 1 aliphatic rings. The average Bonchev–Trinajstić information content (AvgIpc) is 2.99. The van der Waals surface area contributed by atoms with Gasteiger partial charge in [-0.3, -0.25) is 9.58 Å². The van der Waals surface area contributed by atoms with Gasteiger partial charge in [0, 0.05) is 58.5 Å². The summed E-state index contributed by atoms with van der Waals surface area (Å²) in [6, 6.07) is 1.88. The second-order valence-electron chi connectivity index (χ2n) is 5.38. The Morgan fingerprint density at radius 1 is 1.18 bits per heavy atom. The topological polar surface area (TPSA) is 72.2 Å². The first kappa shape index (κ1) is 14.7. The molecule has 0 aromatic carbocycles. The van der Waals surface area contributed by atoms with Crippen molar-refractivity contribution in [3.05, 3.63) is 24.3 Å². The van der Waals surface area contributed by atoms with Gasteiger partial charge in [0.1, 0.15) is 12.1 Å². The van der Waals surface area contributed by atoms with Crippen LogP contribution in [0.1, 0.15) is 5.69 Å². The maximum atomic E-state index is 5.15. The second-order valence-corrected chi connectivity index (χ2v) is 5.38. The zero-order valence-corrected chi connectivity index (χ0v) is 13.0. The van der Waals surface area contributed by atoms with E-state index in [1.807, 2.05) is 19.3 Å². The molecule has 8 heteroatoms. The van der Waals surface area contributed by atoms with E-state index in [2.05, 4.69) is 30.1 Å². The van der Waals surface area contributed by atoms with Crippen LogP contribution in [0.25, 0.3) is 0 Å². The van der Waals surface area contributed by atoms with Gasteiger partial charge in [0.2, 0.25) is 5.88 Å². The van der Waals surface area contributed by atoms with Gasteiger partial charge in [-0.15, -0.1) is 5.10 Å². The van der Waals surface area contributed by atoms with Crippen LogP contribution in [-0.2, 0) is 13.5 Å². The highest BCUT2D eigenvalue weighted by molar-refractivity contribution is 5.41. The number of ether oxygens (including phenoxy) is 1. The first-order valence-corrected chi connectivity index (χ1v) is 7.43. The number of hydrogen-bond donors (Lipinski definition) is 0. The van der Waals surface area contributed by atoms with Crippen LogP contribution in [0.2, 0.25) is 0 Å². The summed E-state index contributed by atoms with van der Waals surface area (Å²) in [6.07, 6.45) is 4.47. The Morgan fingerprint density at radius 2 is 2.00 bits per heavy atom. The first-order chi connectivity index (χ1) is 10.7. The van der Waals surface area contributed by atoms with Crippen LogP contribution < -0.4 is 9.64 Å². The molecule has 1 aliphatic heterocycles. The minimum Gasteiger partial charge on any atom is -0.481 e. The summed E-state index contributed by atoms with van der Waals surface area (Å²) >= 11 is 0. The van der Waals surface area contributed by atoms with Crippen molar-refractivity contribution in [3.8, 4) is 5.88 Å². The largest absolute Gasteiger partial charge is 0.481 e. The van der Waals surface area contributed by atoms with E-state index in [0.717, 1.165) is 50.7 Å². The first-order valence-electron chi connectivity index (χ1n) is 7.43. The molecule has 1 saturated heterocycles. The van der Waals surface area contributed by atoms with Crippen molar-refractivity contribution in [1.82, 2.24) is 29.9 Å². The van der Waals surface area contributed by atoms with E-state index in [1.165, 1.54) is 0 Å². The summed E-state index contributed by atoms with van der Waals surface area (Å²) in [4.78, 5) is 13.1. The van der Waals surface area contributed by atoms with E-state index in [0.29, 0.717) is 5.88 Å². The molecule has 2 aromatic heterocycles. The summed E-state index contributed by atoms with van der Waals surface area (Å²) in [7, 11) is 3.52. The number of aromatic nitrogens is 5. The summed E-state index contributed by atoms with van der Waals surface area (Å²) in [5, 5.41) is 8.09. The molecule has 118 valence electrons. The van der Waals surface area contributed by atoms with E-state index < -0.39 is 0 Å². The minimum atomic E-state index is 0.607. The van der Waals surface area contributed by atoms with Gasteiger partial charge in [0.15, 0.2) is 0 Å². The van der Waals surface area contributed by atoms with Crippen molar-refractivity contribution < 1.29 is 4.74 Å². The van der Waals surface area contributed by atoms with Crippen LogP contribution >= 0.6 is 0 Å². The van der Waals surface area contributed by atoms with Crippen molar-refractivity contribution in [2.24, 2.45) is 7.05 Å². The number of aryl methyl sites for hydroxylation is 1. The Morgan fingerprint density at radius 3 is 2.68 bits per heavy atom. The summed E-state index contributed by atoms with van der Waals surface area (Å²) in [5.41, 5.74) is 1.05. The van der Waals surface area contributed by atoms with E-state index in [-0.39, 0.29) is 0 Å². The number of piperazine rings is 1. The van der Waals surface area contributed by atoms with Gasteiger partial charge in [-0.1, -0.05) is 5.21 Å². The number of rotatable bonds is 5. The molecule has 0 saturated carbocycles. The third-order valence-electron chi connectivity index (χ3n) is 3.87. The molecule has 0 N–H and O–H groups in total. The molecule has 8 nitrogen and oxygen atoms in total. The Labute approximate surface area is 129 Å². The fourth-order valence-electron chi connectivity index (χ4n) is 2.60. The number of anilines is 1. The SMILES string of the molecule is COc1cc(N2CCN(CCc3cn(C)nn3)CC2)ncn1. The van der Waals surface area contributed by atoms with Crippen molar-refractivity contribution in [2.45, 2.75) is 6.42 Å². The third kappa shape index (κ3) is 3.51. The van der Waals surface area contributed by atoms with Crippen LogP contribution in [-0.4, -0.2) is 69.7 Å². The molecule has 0 amide bonds. The average molecular weight is 303 g/mol. The van der Waals surface area contributed by atoms with Gasteiger partial charge in [-0.05, 0) is 0 Å². The molecular weight excluding hydrogens is 282 g/mol. The maximum absolute atomic E-state index is 5.15. The standard InChI is InChI=1S/C14H21N7O/c1-19-10-12(17-18-19)3-4-20-5-7-21(8-6-20)13-9-14(22-2)16-11-15-13/h9-11H,3-8H2,1-2H3. The van der Waals surface area contributed by atoms with Crippen LogP contribution in [0.5, 0.6) is 5.88 Å². The summed E-state index contributed by atoms with van der Waals surface area (Å²) < 4.78 is 6.90. The van der Waals surface area contributed by atoms with Gasteiger partial charge in [-0.25, -0.2) is 9.97 Å². The predicted molar refractivity (Wildman–Crippen MR) is 81.9 cm³/mol. The van der Waals surface area contributed by atoms with E-state index >= 15 is 0 Å². The minimum absolute atomic E-state index is 0.607. The Kier molecular flexibility index (Phi) is 4.47. The fraction of sp³-hybridized carbons (Fsp3) is 0.571. The lowest BCUT2D eigenvalue weighted by atomic mass is 10.2. The van der Waals surface area contributed by atoms with Crippen molar-refractivity contribution >= 4 is 5.82 Å². The van der Waals surface area contributed by atoms with Crippen molar-refractivity contribution in [3.63, 3.8) is 0 Å². The zero-order chi connectivity index (χ0) is 15.4. The normalized spacial score (nSPS) is 16.0. The molecule has 1 fully saturated rings. The lowest BCUT2D eigenvalue weighted by molar-refractivity contribution is 0.259. The van der Waals surface area contributed by atoms with Crippen molar-refractivity contribution in [1.29, 1.82) is 0 Å². The Hall–Kier alpha value is -2.22. The van der Waals surface area contributed by atoms with Crippen LogP contribution in [0.15, 0.2) is 18.6 Å². The van der Waals surface area contributed by atoms with Crippen molar-refractivity contribution in [2.75, 3.05) is 44.7 Å². The maximum Gasteiger partial charge on any atom is 0.218 e. The molecule has 0 unspecified atom stereocenters. The highest BCUT2D eigenvalue weighted by Crippen LogP contribution is 2.17. The smallest absolute Gasteiger partial charge is 0.218 e. The van der Waals surface area contributed by atoms with Gasteiger partial charge in [0.05, 0.1) is 12.8 Å². The second kappa shape index (κ2) is 6.69. The zero-order valence-electron chi connectivity index (χ0n) is 13.0.